The molecule has 2 nitrogen and oxygen atoms in total. The third-order valence-electron chi connectivity index (χ3n) is 1.24. The summed E-state index contributed by atoms with van der Waals surface area (Å²) >= 11 is 0. The van der Waals surface area contributed by atoms with E-state index in [1.165, 1.54) is 13.0 Å². The van der Waals surface area contributed by atoms with Gasteiger partial charge in [-0.25, -0.2) is 0 Å². The lowest BCUT2D eigenvalue weighted by molar-refractivity contribution is -0.113. The lowest BCUT2D eigenvalue weighted by atomic mass is 10.2. The fourth-order valence-corrected chi connectivity index (χ4v) is 0.463. The number of Topliss-reactive ketones (excluding diaryl/α,β-unsaturated/α-hetero) is 1. The van der Waals surface area contributed by atoms with E-state index < -0.39 is 0 Å². The van der Waals surface area contributed by atoms with E-state index in [0.717, 1.165) is 0 Å². The predicted molar refractivity (Wildman–Crippen MR) is 40.8 cm³/mol. The number of aliphatic hydroxyl groups is 1. The smallest absolute Gasteiger partial charge is 0.159 e. The van der Waals surface area contributed by atoms with Gasteiger partial charge in [0.25, 0.3) is 0 Å². The van der Waals surface area contributed by atoms with E-state index >= 15 is 0 Å². The maximum absolute atomic E-state index is 10.6. The van der Waals surface area contributed by atoms with Gasteiger partial charge in [0.15, 0.2) is 5.78 Å². The Balaban J connectivity index is 4.50. The third-order valence-corrected chi connectivity index (χ3v) is 1.24. The Bertz CT molecular complexity index is 187. The first-order valence-electron chi connectivity index (χ1n) is 3.13. The minimum atomic E-state index is -0.101. The number of ketones is 1. The Morgan fingerprint density at radius 1 is 1.40 bits per heavy atom. The van der Waals surface area contributed by atoms with Crippen molar-refractivity contribution in [3.8, 4) is 0 Å². The zero-order valence-electron chi connectivity index (χ0n) is 6.51. The molecule has 0 aromatic rings. The molecule has 10 heavy (non-hydrogen) atoms. The molecule has 0 unspecified atom stereocenters. The van der Waals surface area contributed by atoms with Gasteiger partial charge in [-0.3, -0.25) is 4.79 Å². The van der Waals surface area contributed by atoms with Crippen LogP contribution in [-0.2, 0) is 4.79 Å². The standard InChI is InChI=1S/C8H12O2/c1-4-5-8(10)6(2)7(3)9/h4-5,10H,1-3H3/b5-4-,8-6-. The average Bonchev–Trinajstić information content (AvgIpc) is 1.87. The van der Waals surface area contributed by atoms with Crippen LogP contribution in [0.5, 0.6) is 0 Å². The monoisotopic (exact) mass is 140 g/mol. The van der Waals surface area contributed by atoms with Gasteiger partial charge < -0.3 is 5.11 Å². The summed E-state index contributed by atoms with van der Waals surface area (Å²) in [6.45, 7) is 4.80. The normalized spacial score (nSPS) is 13.5. The van der Waals surface area contributed by atoms with Crippen LogP contribution in [0.1, 0.15) is 20.8 Å². The van der Waals surface area contributed by atoms with Gasteiger partial charge in [0, 0.05) is 5.57 Å². The summed E-state index contributed by atoms with van der Waals surface area (Å²) in [5.41, 5.74) is 0.401. The summed E-state index contributed by atoms with van der Waals surface area (Å²) in [5, 5.41) is 9.06. The summed E-state index contributed by atoms with van der Waals surface area (Å²) < 4.78 is 0. The van der Waals surface area contributed by atoms with Gasteiger partial charge in [-0.1, -0.05) is 6.08 Å². The van der Waals surface area contributed by atoms with Crippen molar-refractivity contribution in [2.75, 3.05) is 0 Å². The number of allylic oxidation sites excluding steroid dienone is 3. The van der Waals surface area contributed by atoms with Crippen LogP contribution in [0.2, 0.25) is 0 Å². The first-order chi connectivity index (χ1) is 4.59. The lowest BCUT2D eigenvalue weighted by Crippen LogP contribution is -1.95. The highest BCUT2D eigenvalue weighted by Gasteiger charge is 2.00. The van der Waals surface area contributed by atoms with E-state index in [0.29, 0.717) is 5.57 Å². The second-order valence-electron chi connectivity index (χ2n) is 2.07. The summed E-state index contributed by atoms with van der Waals surface area (Å²) in [5.74, 6) is -0.0504. The largest absolute Gasteiger partial charge is 0.508 e. The van der Waals surface area contributed by atoms with Crippen molar-refractivity contribution >= 4 is 5.78 Å². The van der Waals surface area contributed by atoms with Crippen molar-refractivity contribution in [2.45, 2.75) is 20.8 Å². The molecular formula is C8H12O2. The van der Waals surface area contributed by atoms with E-state index in [1.54, 1.807) is 19.9 Å². The van der Waals surface area contributed by atoms with Gasteiger partial charge >= 0.3 is 0 Å². The van der Waals surface area contributed by atoms with Crippen molar-refractivity contribution in [3.63, 3.8) is 0 Å². The molecule has 0 aliphatic carbocycles. The minimum Gasteiger partial charge on any atom is -0.508 e. The topological polar surface area (TPSA) is 37.3 Å². The highest BCUT2D eigenvalue weighted by molar-refractivity contribution is 5.93. The van der Waals surface area contributed by atoms with Gasteiger partial charge in [0.05, 0.1) is 0 Å². The Kier molecular flexibility index (Phi) is 3.47. The molecule has 0 fully saturated rings. The molecule has 0 amide bonds. The molecular weight excluding hydrogens is 128 g/mol. The fraction of sp³-hybridized carbons (Fsp3) is 0.375. The number of carbonyl (C=O) groups is 1. The highest BCUT2D eigenvalue weighted by atomic mass is 16.3. The Morgan fingerprint density at radius 2 is 1.90 bits per heavy atom. The van der Waals surface area contributed by atoms with Gasteiger partial charge in [0.2, 0.25) is 0 Å². The maximum Gasteiger partial charge on any atom is 0.159 e. The number of carbonyl (C=O) groups excluding carboxylic acids is 1. The molecule has 2 heteroatoms. The molecule has 0 heterocycles. The summed E-state index contributed by atoms with van der Waals surface area (Å²) in [4.78, 5) is 10.6. The zero-order chi connectivity index (χ0) is 8.15. The number of hydrogen-bond donors (Lipinski definition) is 1. The Labute approximate surface area is 60.9 Å². The molecule has 56 valence electrons. The second-order valence-corrected chi connectivity index (χ2v) is 2.07. The summed E-state index contributed by atoms with van der Waals surface area (Å²) in [7, 11) is 0. The van der Waals surface area contributed by atoms with Crippen LogP contribution in [-0.4, -0.2) is 10.9 Å². The average molecular weight is 140 g/mol. The molecule has 1 N–H and O–H groups in total. The SMILES string of the molecule is C/C=C\C(O)=C(/C)C(C)=O. The first kappa shape index (κ1) is 8.95. The van der Waals surface area contributed by atoms with Gasteiger partial charge in [-0.15, -0.1) is 0 Å². The van der Waals surface area contributed by atoms with Crippen LogP contribution in [0.25, 0.3) is 0 Å². The van der Waals surface area contributed by atoms with E-state index in [1.807, 2.05) is 0 Å². The molecule has 0 aromatic heterocycles. The fourth-order valence-electron chi connectivity index (χ4n) is 0.463. The van der Waals surface area contributed by atoms with E-state index in [4.69, 9.17) is 5.11 Å². The van der Waals surface area contributed by atoms with Crippen molar-refractivity contribution in [3.05, 3.63) is 23.5 Å². The Hall–Kier alpha value is -1.05. The molecule has 0 rings (SSSR count). The zero-order valence-corrected chi connectivity index (χ0v) is 6.51. The summed E-state index contributed by atoms with van der Waals surface area (Å²) in [6.07, 6.45) is 3.18. The van der Waals surface area contributed by atoms with Crippen molar-refractivity contribution in [1.29, 1.82) is 0 Å². The van der Waals surface area contributed by atoms with E-state index in [-0.39, 0.29) is 11.5 Å². The van der Waals surface area contributed by atoms with E-state index in [9.17, 15) is 4.79 Å². The molecule has 0 saturated heterocycles. The Morgan fingerprint density at radius 3 is 2.20 bits per heavy atom. The quantitative estimate of drug-likeness (QED) is 0.362. The molecule has 0 aliphatic rings. The van der Waals surface area contributed by atoms with Crippen LogP contribution < -0.4 is 0 Å². The van der Waals surface area contributed by atoms with Crippen molar-refractivity contribution < 1.29 is 9.90 Å². The van der Waals surface area contributed by atoms with Crippen LogP contribution >= 0.6 is 0 Å². The van der Waals surface area contributed by atoms with Crippen LogP contribution in [0.4, 0.5) is 0 Å². The van der Waals surface area contributed by atoms with Gasteiger partial charge in [0.1, 0.15) is 5.76 Å². The maximum atomic E-state index is 10.6. The number of aliphatic hydroxyl groups excluding tert-OH is 1. The molecule has 0 aliphatic heterocycles. The molecule has 0 saturated carbocycles. The van der Waals surface area contributed by atoms with E-state index in [2.05, 4.69) is 0 Å². The van der Waals surface area contributed by atoms with Crippen LogP contribution in [0.3, 0.4) is 0 Å². The molecule has 0 bridgehead atoms. The van der Waals surface area contributed by atoms with Crippen molar-refractivity contribution in [2.24, 2.45) is 0 Å². The second kappa shape index (κ2) is 3.88. The number of hydrogen-bond acceptors (Lipinski definition) is 2. The van der Waals surface area contributed by atoms with Crippen molar-refractivity contribution in [1.82, 2.24) is 0 Å². The minimum absolute atomic E-state index is 0.0509. The van der Waals surface area contributed by atoms with Crippen LogP contribution in [0.15, 0.2) is 23.5 Å². The molecule has 0 spiro atoms. The predicted octanol–water partition coefficient (Wildman–Crippen LogP) is 1.98. The first-order valence-corrected chi connectivity index (χ1v) is 3.13. The van der Waals surface area contributed by atoms with Crippen LogP contribution in [0, 0.1) is 0 Å². The lowest BCUT2D eigenvalue weighted by Gasteiger charge is -1.95. The number of rotatable bonds is 2. The van der Waals surface area contributed by atoms with Gasteiger partial charge in [-0.2, -0.15) is 0 Å². The summed E-state index contributed by atoms with van der Waals surface area (Å²) in [6, 6.07) is 0. The molecule has 0 aromatic carbocycles. The highest BCUT2D eigenvalue weighted by Crippen LogP contribution is 2.02. The molecule has 0 radical (unpaired) electrons. The molecule has 0 atom stereocenters. The van der Waals surface area contributed by atoms with Gasteiger partial charge in [-0.05, 0) is 26.8 Å². The third kappa shape index (κ3) is 2.49.